The van der Waals surface area contributed by atoms with Gasteiger partial charge in [0.2, 0.25) is 11.8 Å². The van der Waals surface area contributed by atoms with Crippen LogP contribution < -0.4 is 15.4 Å². The van der Waals surface area contributed by atoms with Crippen molar-refractivity contribution in [3.05, 3.63) is 29.8 Å². The zero-order valence-corrected chi connectivity index (χ0v) is 17.8. The lowest BCUT2D eigenvalue weighted by atomic mass is 9.92. The second-order valence-corrected chi connectivity index (χ2v) is 8.42. The number of benzene rings is 1. The quantitative estimate of drug-likeness (QED) is 0.737. The fourth-order valence-electron chi connectivity index (χ4n) is 4.42. The third-order valence-electron chi connectivity index (χ3n) is 6.30. The zero-order chi connectivity index (χ0) is 20.6. The lowest BCUT2D eigenvalue weighted by molar-refractivity contribution is -0.131. The van der Waals surface area contributed by atoms with Gasteiger partial charge in [-0.25, -0.2) is 0 Å². The molecule has 0 spiro atoms. The van der Waals surface area contributed by atoms with Gasteiger partial charge in [-0.15, -0.1) is 0 Å². The number of nitrogens with one attached hydrogen (secondary N) is 2. The van der Waals surface area contributed by atoms with Crippen molar-refractivity contribution >= 4 is 11.8 Å². The molecule has 1 aromatic carbocycles. The van der Waals surface area contributed by atoms with Crippen LogP contribution in [0.4, 0.5) is 0 Å². The summed E-state index contributed by atoms with van der Waals surface area (Å²) in [7, 11) is 1.64. The molecule has 1 saturated heterocycles. The second kappa shape index (κ2) is 10.6. The van der Waals surface area contributed by atoms with E-state index in [1.165, 1.54) is 19.3 Å². The Morgan fingerprint density at radius 1 is 1.17 bits per heavy atom. The Morgan fingerprint density at radius 2 is 1.97 bits per heavy atom. The van der Waals surface area contributed by atoms with Gasteiger partial charge in [-0.05, 0) is 56.8 Å². The normalized spacial score (nSPS) is 21.9. The molecular weight excluding hydrogens is 366 g/mol. The van der Waals surface area contributed by atoms with Crippen LogP contribution in [0.2, 0.25) is 0 Å². The Kier molecular flexibility index (Phi) is 7.92. The second-order valence-electron chi connectivity index (χ2n) is 8.42. The summed E-state index contributed by atoms with van der Waals surface area (Å²) in [5.41, 5.74) is 1.01. The van der Waals surface area contributed by atoms with Crippen LogP contribution in [0.3, 0.4) is 0 Å². The minimum atomic E-state index is -0.245. The van der Waals surface area contributed by atoms with Gasteiger partial charge in [-0.1, -0.05) is 31.4 Å². The molecule has 0 aromatic heterocycles. The number of carbonyl (C=O) groups excluding carboxylic acids is 2. The summed E-state index contributed by atoms with van der Waals surface area (Å²) in [6.45, 7) is 3.93. The van der Waals surface area contributed by atoms with Crippen LogP contribution in [-0.4, -0.2) is 49.0 Å². The maximum Gasteiger partial charge on any atom is 0.237 e. The first-order chi connectivity index (χ1) is 14.1. The van der Waals surface area contributed by atoms with Crippen LogP contribution in [0.5, 0.6) is 5.75 Å². The molecule has 6 heteroatoms. The van der Waals surface area contributed by atoms with Gasteiger partial charge in [0.25, 0.3) is 0 Å². The van der Waals surface area contributed by atoms with E-state index in [0.717, 1.165) is 43.5 Å². The van der Waals surface area contributed by atoms with Gasteiger partial charge in [0.1, 0.15) is 5.75 Å². The van der Waals surface area contributed by atoms with Crippen molar-refractivity contribution in [1.29, 1.82) is 0 Å². The maximum atomic E-state index is 12.7. The number of hydrogen-bond acceptors (Lipinski definition) is 4. The standard InChI is InChI=1S/C23H35N3O3/c1-17(22(27)24-15-18-8-6-12-21(14-18)29-2)26-13-7-9-19(16-26)23(28)25-20-10-4-3-5-11-20/h6,8,12,14,17,19-20H,3-5,7,9-11,13,15-16H2,1-2H3,(H,24,27)(H,25,28). The van der Waals surface area contributed by atoms with Crippen molar-refractivity contribution in [3.63, 3.8) is 0 Å². The molecule has 1 aliphatic carbocycles. The number of methoxy groups -OCH3 is 1. The number of ether oxygens (including phenoxy) is 1. The minimum Gasteiger partial charge on any atom is -0.497 e. The average Bonchev–Trinajstić information content (AvgIpc) is 2.77. The zero-order valence-electron chi connectivity index (χ0n) is 17.8. The average molecular weight is 402 g/mol. The third kappa shape index (κ3) is 6.20. The summed E-state index contributed by atoms with van der Waals surface area (Å²) >= 11 is 0. The number of piperidine rings is 1. The molecule has 1 heterocycles. The summed E-state index contributed by atoms with van der Waals surface area (Å²) in [6, 6.07) is 7.81. The van der Waals surface area contributed by atoms with E-state index in [1.54, 1.807) is 7.11 Å². The molecule has 6 nitrogen and oxygen atoms in total. The fraction of sp³-hybridized carbons (Fsp3) is 0.652. The highest BCUT2D eigenvalue weighted by Gasteiger charge is 2.31. The highest BCUT2D eigenvalue weighted by atomic mass is 16.5. The summed E-state index contributed by atoms with van der Waals surface area (Å²) in [5, 5.41) is 6.28. The molecule has 160 valence electrons. The van der Waals surface area contributed by atoms with Gasteiger partial charge in [0.05, 0.1) is 19.1 Å². The molecule has 2 unspecified atom stereocenters. The molecule has 29 heavy (non-hydrogen) atoms. The Labute approximate surface area is 174 Å². The predicted molar refractivity (Wildman–Crippen MR) is 114 cm³/mol. The van der Waals surface area contributed by atoms with Gasteiger partial charge in [0, 0.05) is 19.1 Å². The summed E-state index contributed by atoms with van der Waals surface area (Å²) in [4.78, 5) is 27.6. The van der Waals surface area contributed by atoms with Gasteiger partial charge in [0.15, 0.2) is 0 Å². The van der Waals surface area contributed by atoms with Crippen LogP contribution >= 0.6 is 0 Å². The summed E-state index contributed by atoms with van der Waals surface area (Å²) in [5.74, 6) is 0.943. The highest BCUT2D eigenvalue weighted by molar-refractivity contribution is 5.82. The van der Waals surface area contributed by atoms with Crippen molar-refractivity contribution in [1.82, 2.24) is 15.5 Å². The Balaban J connectivity index is 1.48. The molecule has 2 fully saturated rings. The largest absolute Gasteiger partial charge is 0.497 e. The first kappa shape index (κ1) is 21.6. The topological polar surface area (TPSA) is 70.7 Å². The summed E-state index contributed by atoms with van der Waals surface area (Å²) < 4.78 is 5.23. The van der Waals surface area contributed by atoms with E-state index < -0.39 is 0 Å². The summed E-state index contributed by atoms with van der Waals surface area (Å²) in [6.07, 6.45) is 7.78. The first-order valence-electron chi connectivity index (χ1n) is 11.0. The van der Waals surface area contributed by atoms with Crippen molar-refractivity contribution < 1.29 is 14.3 Å². The molecule has 2 atom stereocenters. The molecule has 0 bridgehead atoms. The van der Waals surface area contributed by atoms with E-state index in [1.807, 2.05) is 31.2 Å². The van der Waals surface area contributed by atoms with Crippen LogP contribution in [0.1, 0.15) is 57.4 Å². The monoisotopic (exact) mass is 401 g/mol. The van der Waals surface area contributed by atoms with Crippen molar-refractivity contribution in [2.24, 2.45) is 5.92 Å². The van der Waals surface area contributed by atoms with E-state index in [4.69, 9.17) is 4.74 Å². The molecular formula is C23H35N3O3. The fourth-order valence-corrected chi connectivity index (χ4v) is 4.42. The van der Waals surface area contributed by atoms with Crippen LogP contribution in [0, 0.1) is 5.92 Å². The number of carbonyl (C=O) groups is 2. The highest BCUT2D eigenvalue weighted by Crippen LogP contribution is 2.22. The molecule has 3 rings (SSSR count). The lowest BCUT2D eigenvalue weighted by Crippen LogP contribution is -2.52. The van der Waals surface area contributed by atoms with Crippen LogP contribution in [0.15, 0.2) is 24.3 Å². The molecule has 1 aromatic rings. The van der Waals surface area contributed by atoms with Crippen molar-refractivity contribution in [2.45, 2.75) is 70.5 Å². The van der Waals surface area contributed by atoms with Gasteiger partial charge in [-0.2, -0.15) is 0 Å². The molecule has 1 saturated carbocycles. The third-order valence-corrected chi connectivity index (χ3v) is 6.30. The molecule has 2 N–H and O–H groups in total. The SMILES string of the molecule is COc1cccc(CNC(=O)C(C)N2CCCC(C(=O)NC3CCCCC3)C2)c1. The van der Waals surface area contributed by atoms with E-state index >= 15 is 0 Å². The molecule has 0 radical (unpaired) electrons. The van der Waals surface area contributed by atoms with E-state index in [-0.39, 0.29) is 23.8 Å². The number of rotatable bonds is 7. The van der Waals surface area contributed by atoms with E-state index in [0.29, 0.717) is 19.1 Å². The van der Waals surface area contributed by atoms with Crippen LogP contribution in [0.25, 0.3) is 0 Å². The molecule has 1 aliphatic heterocycles. The number of hydrogen-bond donors (Lipinski definition) is 2. The van der Waals surface area contributed by atoms with Crippen molar-refractivity contribution in [2.75, 3.05) is 20.2 Å². The van der Waals surface area contributed by atoms with E-state index in [2.05, 4.69) is 15.5 Å². The number of nitrogens with zero attached hydrogens (tertiary/aromatic N) is 1. The minimum absolute atomic E-state index is 0.00107. The number of amides is 2. The van der Waals surface area contributed by atoms with Crippen LogP contribution in [-0.2, 0) is 16.1 Å². The van der Waals surface area contributed by atoms with Gasteiger partial charge in [-0.3, -0.25) is 14.5 Å². The Bertz CT molecular complexity index is 688. The molecule has 2 aliphatic rings. The van der Waals surface area contributed by atoms with Crippen molar-refractivity contribution in [3.8, 4) is 5.75 Å². The smallest absolute Gasteiger partial charge is 0.237 e. The van der Waals surface area contributed by atoms with Gasteiger partial charge < -0.3 is 15.4 Å². The first-order valence-corrected chi connectivity index (χ1v) is 11.0. The lowest BCUT2D eigenvalue weighted by Gasteiger charge is -2.36. The molecule has 2 amide bonds. The predicted octanol–water partition coefficient (Wildman–Crippen LogP) is 2.86. The van der Waals surface area contributed by atoms with E-state index in [9.17, 15) is 9.59 Å². The number of likely N-dealkylation sites (tertiary alicyclic amines) is 1. The van der Waals surface area contributed by atoms with Gasteiger partial charge >= 0.3 is 0 Å². The maximum absolute atomic E-state index is 12.7. The Morgan fingerprint density at radius 3 is 2.72 bits per heavy atom. The Hall–Kier alpha value is -2.08.